The van der Waals surface area contributed by atoms with Crippen molar-refractivity contribution in [1.29, 1.82) is 5.41 Å². The molecular weight excluding hydrogens is 346 g/mol. The summed E-state index contributed by atoms with van der Waals surface area (Å²) in [5.41, 5.74) is 10.6. The van der Waals surface area contributed by atoms with Crippen molar-refractivity contribution in [2.75, 3.05) is 5.73 Å². The maximum Gasteiger partial charge on any atom is 0.236 e. The van der Waals surface area contributed by atoms with Crippen LogP contribution in [-0.2, 0) is 9.95 Å². The number of anilines is 1. The van der Waals surface area contributed by atoms with Gasteiger partial charge in [-0.3, -0.25) is 10.2 Å². The van der Waals surface area contributed by atoms with E-state index in [1.54, 1.807) is 13.8 Å². The number of amides is 1. The number of nitrogen functional groups attached to an aromatic ring is 1. The van der Waals surface area contributed by atoms with Crippen LogP contribution in [0.3, 0.4) is 0 Å². The van der Waals surface area contributed by atoms with Gasteiger partial charge in [-0.25, -0.2) is 9.97 Å². The second-order valence-electron chi connectivity index (χ2n) is 5.29. The lowest BCUT2D eigenvalue weighted by Gasteiger charge is -2.33. The summed E-state index contributed by atoms with van der Waals surface area (Å²) in [6, 6.07) is 0. The number of nitrogens with zero attached hydrogens (tertiary/aromatic N) is 2. The van der Waals surface area contributed by atoms with Crippen molar-refractivity contribution in [1.82, 2.24) is 15.3 Å². The van der Waals surface area contributed by atoms with Crippen LogP contribution in [0.25, 0.3) is 0 Å². The molecule has 22 heavy (non-hydrogen) atoms. The second-order valence-corrected chi connectivity index (χ2v) is 7.17. The summed E-state index contributed by atoms with van der Waals surface area (Å²) in [6.45, 7) is 5.07. The molecule has 0 bridgehead atoms. The van der Waals surface area contributed by atoms with Gasteiger partial charge >= 0.3 is 0 Å². The fourth-order valence-electron chi connectivity index (χ4n) is 1.62. The Morgan fingerprint density at radius 2 is 1.86 bits per heavy atom. The number of hydrogen-bond donors (Lipinski definition) is 4. The van der Waals surface area contributed by atoms with Gasteiger partial charge in [0.15, 0.2) is 10.3 Å². The van der Waals surface area contributed by atoms with Gasteiger partial charge in [-0.15, -0.1) is 9.24 Å². The van der Waals surface area contributed by atoms with Gasteiger partial charge in [-0.1, -0.05) is 30.1 Å². The van der Waals surface area contributed by atoms with E-state index in [1.807, 2.05) is 6.92 Å². The monoisotopic (exact) mass is 364 g/mol. The zero-order chi connectivity index (χ0) is 17.3. The highest BCUT2D eigenvalue weighted by atomic mass is 35.5. The molecule has 1 amide bonds. The lowest BCUT2D eigenvalue weighted by atomic mass is 9.95. The van der Waals surface area contributed by atoms with Crippen molar-refractivity contribution in [3.8, 4) is 0 Å². The standard InChI is InChI=1S/C12H19Cl2N6OP/c1-4-11(2,9(16)17)20-10(21)12(3,22)5-8(15)19-7(14)6(13)18-5/h4,22H2,1-3H3,(H2,15,19)(H3,16,17)(H,20,21). The molecule has 0 aliphatic heterocycles. The van der Waals surface area contributed by atoms with E-state index in [0.717, 1.165) is 0 Å². The van der Waals surface area contributed by atoms with Crippen LogP contribution >= 0.6 is 32.4 Å². The number of carbonyl (C=O) groups is 1. The maximum atomic E-state index is 12.6. The van der Waals surface area contributed by atoms with Gasteiger partial charge in [-0.2, -0.15) is 0 Å². The molecule has 0 spiro atoms. The van der Waals surface area contributed by atoms with E-state index < -0.39 is 16.6 Å². The lowest BCUT2D eigenvalue weighted by molar-refractivity contribution is -0.124. The van der Waals surface area contributed by atoms with E-state index in [0.29, 0.717) is 6.42 Å². The third kappa shape index (κ3) is 3.59. The summed E-state index contributed by atoms with van der Waals surface area (Å²) >= 11 is 11.6. The minimum absolute atomic E-state index is 0.00285. The van der Waals surface area contributed by atoms with Crippen LogP contribution in [0.15, 0.2) is 0 Å². The van der Waals surface area contributed by atoms with E-state index in [-0.39, 0.29) is 27.7 Å². The molecule has 10 heteroatoms. The smallest absolute Gasteiger partial charge is 0.236 e. The first-order valence-corrected chi connectivity index (χ1v) is 7.74. The first-order chi connectivity index (χ1) is 9.95. The number of hydrogen-bond acceptors (Lipinski definition) is 5. The van der Waals surface area contributed by atoms with Crippen molar-refractivity contribution in [3.05, 3.63) is 16.0 Å². The van der Waals surface area contributed by atoms with E-state index in [2.05, 4.69) is 24.5 Å². The molecule has 0 aliphatic carbocycles. The summed E-state index contributed by atoms with van der Waals surface area (Å²) in [5.74, 6) is -0.572. The predicted molar refractivity (Wildman–Crippen MR) is 92.3 cm³/mol. The van der Waals surface area contributed by atoms with Crippen molar-refractivity contribution >= 4 is 50.0 Å². The number of carbonyl (C=O) groups excluding carboxylic acids is 1. The summed E-state index contributed by atoms with van der Waals surface area (Å²) in [7, 11) is 2.37. The largest absolute Gasteiger partial charge is 0.386 e. The molecule has 0 saturated carbocycles. The van der Waals surface area contributed by atoms with Crippen LogP contribution in [0.4, 0.5) is 5.82 Å². The van der Waals surface area contributed by atoms with Crippen molar-refractivity contribution < 1.29 is 4.79 Å². The Labute approximate surface area is 141 Å². The van der Waals surface area contributed by atoms with Gasteiger partial charge in [0.25, 0.3) is 0 Å². The van der Waals surface area contributed by atoms with Crippen LogP contribution in [0, 0.1) is 5.41 Å². The first kappa shape index (κ1) is 18.9. The third-order valence-electron chi connectivity index (χ3n) is 3.50. The SMILES string of the molecule is CCC(C)(NC(=O)C(C)(P)c1nc(Cl)c(Cl)nc1N)C(=N)N. The Hall–Kier alpha value is -1.17. The van der Waals surface area contributed by atoms with Crippen LogP contribution < -0.4 is 16.8 Å². The Morgan fingerprint density at radius 3 is 2.32 bits per heavy atom. The second kappa shape index (κ2) is 6.52. The highest BCUT2D eigenvalue weighted by Crippen LogP contribution is 2.35. The third-order valence-corrected chi connectivity index (χ3v) is 4.66. The van der Waals surface area contributed by atoms with E-state index >= 15 is 0 Å². The molecular formula is C12H19Cl2N6OP. The predicted octanol–water partition coefficient (Wildman–Crippen LogP) is 1.68. The molecule has 3 unspecified atom stereocenters. The fraction of sp³-hybridized carbons (Fsp3) is 0.500. The van der Waals surface area contributed by atoms with Crippen LogP contribution in [0.2, 0.25) is 10.3 Å². The number of nitrogens with one attached hydrogen (secondary N) is 2. The topological polar surface area (TPSA) is 131 Å². The molecule has 122 valence electrons. The Balaban J connectivity index is 3.21. The molecule has 1 aromatic rings. The van der Waals surface area contributed by atoms with E-state index in [1.165, 1.54) is 0 Å². The first-order valence-electron chi connectivity index (χ1n) is 6.40. The summed E-state index contributed by atoms with van der Waals surface area (Å²) in [5, 5.41) is 9.06. The van der Waals surface area contributed by atoms with Gasteiger partial charge < -0.3 is 16.8 Å². The average Bonchev–Trinajstić information content (AvgIpc) is 2.42. The zero-order valence-electron chi connectivity index (χ0n) is 12.5. The Morgan fingerprint density at radius 1 is 1.36 bits per heavy atom. The van der Waals surface area contributed by atoms with Crippen molar-refractivity contribution in [2.45, 2.75) is 37.9 Å². The van der Waals surface area contributed by atoms with Crippen molar-refractivity contribution in [2.24, 2.45) is 5.73 Å². The zero-order valence-corrected chi connectivity index (χ0v) is 15.2. The molecule has 0 radical (unpaired) electrons. The molecule has 7 nitrogen and oxygen atoms in total. The number of aromatic nitrogens is 2. The normalized spacial score (nSPS) is 16.5. The van der Waals surface area contributed by atoms with E-state index in [9.17, 15) is 4.79 Å². The minimum atomic E-state index is -1.21. The lowest BCUT2D eigenvalue weighted by Crippen LogP contribution is -2.57. The number of nitrogens with two attached hydrogens (primary N) is 2. The fourth-order valence-corrected chi connectivity index (χ4v) is 2.17. The molecule has 0 fully saturated rings. The Bertz CT molecular complexity index is 624. The quantitative estimate of drug-likeness (QED) is 0.358. The molecule has 3 atom stereocenters. The number of amidine groups is 1. The number of rotatable bonds is 5. The summed E-state index contributed by atoms with van der Waals surface area (Å²) < 4.78 is 0. The van der Waals surface area contributed by atoms with Gasteiger partial charge in [0.2, 0.25) is 5.91 Å². The molecule has 1 rings (SSSR count). The van der Waals surface area contributed by atoms with Gasteiger partial charge in [0.05, 0.1) is 5.54 Å². The molecule has 0 aliphatic rings. The van der Waals surface area contributed by atoms with Gasteiger partial charge in [-0.05, 0) is 20.3 Å². The van der Waals surface area contributed by atoms with Crippen LogP contribution in [0.5, 0.6) is 0 Å². The molecule has 0 aromatic carbocycles. The molecule has 1 aromatic heterocycles. The minimum Gasteiger partial charge on any atom is -0.386 e. The molecule has 1 heterocycles. The highest BCUT2D eigenvalue weighted by Gasteiger charge is 2.39. The van der Waals surface area contributed by atoms with Crippen LogP contribution in [0.1, 0.15) is 32.9 Å². The maximum absolute atomic E-state index is 12.6. The number of halogens is 2. The van der Waals surface area contributed by atoms with Crippen LogP contribution in [-0.4, -0.2) is 27.2 Å². The van der Waals surface area contributed by atoms with Gasteiger partial charge in [0, 0.05) is 0 Å². The molecule has 0 saturated heterocycles. The summed E-state index contributed by atoms with van der Waals surface area (Å²) in [4.78, 5) is 20.5. The molecule has 6 N–H and O–H groups in total. The van der Waals surface area contributed by atoms with Gasteiger partial charge in [0.1, 0.15) is 22.5 Å². The average molecular weight is 365 g/mol. The highest BCUT2D eigenvalue weighted by molar-refractivity contribution is 7.20. The van der Waals surface area contributed by atoms with E-state index in [4.69, 9.17) is 40.1 Å². The summed E-state index contributed by atoms with van der Waals surface area (Å²) in [6.07, 6.45) is 0.456. The Kier molecular flexibility index (Phi) is 5.60. The van der Waals surface area contributed by atoms with Crippen molar-refractivity contribution in [3.63, 3.8) is 0 Å².